The Kier molecular flexibility index (Phi) is 4.98. The van der Waals surface area contributed by atoms with Gasteiger partial charge in [-0.05, 0) is 55.5 Å². The molecule has 0 amide bonds. The normalized spacial score (nSPS) is 13.8. The van der Waals surface area contributed by atoms with Crippen LogP contribution in [0.3, 0.4) is 0 Å². The lowest BCUT2D eigenvalue weighted by Gasteiger charge is -2.23. The average molecular weight is 331 g/mol. The molecule has 0 radical (unpaired) electrons. The highest BCUT2D eigenvalue weighted by atomic mass is 32.2. The molecule has 0 saturated carbocycles. The highest BCUT2D eigenvalue weighted by Crippen LogP contribution is 2.23. The number of likely N-dealkylation sites (N-methyl/N-ethyl adjacent to an activating group) is 1. The fourth-order valence-electron chi connectivity index (χ4n) is 1.88. The molecule has 4 nitrogen and oxygen atoms in total. The van der Waals surface area contributed by atoms with Crippen LogP contribution in [0.15, 0.2) is 33.2 Å². The summed E-state index contributed by atoms with van der Waals surface area (Å²) in [4.78, 5) is 3.01. The molecule has 0 aromatic carbocycles. The summed E-state index contributed by atoms with van der Waals surface area (Å²) in [6.07, 6.45) is 0. The maximum Gasteiger partial charge on any atom is 0.250 e. The van der Waals surface area contributed by atoms with Crippen molar-refractivity contribution in [2.24, 2.45) is 0 Å². The third-order valence-electron chi connectivity index (χ3n) is 3.00. The SMILES string of the molecule is Cc1ccc(S(=O)(=O)NCC(c2ccsc2)N(C)C)s1. The second kappa shape index (κ2) is 6.36. The van der Waals surface area contributed by atoms with Crippen LogP contribution in [-0.4, -0.2) is 34.0 Å². The lowest BCUT2D eigenvalue weighted by atomic mass is 10.1. The number of aryl methyl sites for hydroxylation is 1. The molecule has 0 bridgehead atoms. The van der Waals surface area contributed by atoms with Crippen molar-refractivity contribution in [2.45, 2.75) is 17.2 Å². The Morgan fingerprint density at radius 2 is 2.05 bits per heavy atom. The van der Waals surface area contributed by atoms with Crippen molar-refractivity contribution in [2.75, 3.05) is 20.6 Å². The molecule has 7 heteroatoms. The maximum absolute atomic E-state index is 12.2. The lowest BCUT2D eigenvalue weighted by Crippen LogP contribution is -2.34. The van der Waals surface area contributed by atoms with Crippen LogP contribution in [0.25, 0.3) is 0 Å². The number of hydrogen-bond acceptors (Lipinski definition) is 5. The van der Waals surface area contributed by atoms with Crippen molar-refractivity contribution in [1.29, 1.82) is 0 Å². The van der Waals surface area contributed by atoms with Crippen LogP contribution in [0.2, 0.25) is 0 Å². The largest absolute Gasteiger partial charge is 0.301 e. The molecule has 110 valence electrons. The van der Waals surface area contributed by atoms with E-state index in [2.05, 4.69) is 4.72 Å². The Bertz CT molecular complexity index is 645. The highest BCUT2D eigenvalue weighted by molar-refractivity contribution is 7.91. The van der Waals surface area contributed by atoms with Gasteiger partial charge in [-0.3, -0.25) is 0 Å². The first-order valence-corrected chi connectivity index (χ1v) is 9.39. The third kappa shape index (κ3) is 3.67. The molecule has 2 rings (SSSR count). The Morgan fingerprint density at radius 3 is 2.55 bits per heavy atom. The van der Waals surface area contributed by atoms with E-state index in [-0.39, 0.29) is 6.04 Å². The maximum atomic E-state index is 12.2. The van der Waals surface area contributed by atoms with E-state index in [0.717, 1.165) is 10.4 Å². The Hall–Kier alpha value is -0.730. The van der Waals surface area contributed by atoms with Gasteiger partial charge in [0, 0.05) is 17.5 Å². The van der Waals surface area contributed by atoms with Gasteiger partial charge in [0.1, 0.15) is 4.21 Å². The molecule has 1 unspecified atom stereocenters. The molecule has 2 aromatic heterocycles. The Morgan fingerprint density at radius 1 is 1.30 bits per heavy atom. The first-order valence-electron chi connectivity index (χ1n) is 6.15. The summed E-state index contributed by atoms with van der Waals surface area (Å²) < 4.78 is 27.5. The number of nitrogens with zero attached hydrogens (tertiary/aromatic N) is 1. The van der Waals surface area contributed by atoms with E-state index in [9.17, 15) is 8.42 Å². The van der Waals surface area contributed by atoms with Crippen LogP contribution < -0.4 is 4.72 Å². The molecule has 1 N–H and O–H groups in total. The van der Waals surface area contributed by atoms with E-state index >= 15 is 0 Å². The summed E-state index contributed by atoms with van der Waals surface area (Å²) in [6.45, 7) is 2.26. The number of rotatable bonds is 6. The molecule has 0 aliphatic carbocycles. The van der Waals surface area contributed by atoms with Crippen LogP contribution in [0, 0.1) is 6.92 Å². The van der Waals surface area contributed by atoms with Gasteiger partial charge in [0.2, 0.25) is 10.0 Å². The number of nitrogens with one attached hydrogen (secondary N) is 1. The minimum absolute atomic E-state index is 0.0390. The summed E-state index contributed by atoms with van der Waals surface area (Å²) in [5.41, 5.74) is 1.13. The van der Waals surface area contributed by atoms with E-state index in [1.807, 2.05) is 48.8 Å². The van der Waals surface area contributed by atoms with Crippen molar-refractivity contribution in [3.05, 3.63) is 39.4 Å². The van der Waals surface area contributed by atoms with Crippen molar-refractivity contribution in [1.82, 2.24) is 9.62 Å². The van der Waals surface area contributed by atoms with Crippen LogP contribution in [0.1, 0.15) is 16.5 Å². The third-order valence-corrected chi connectivity index (χ3v) is 6.62. The topological polar surface area (TPSA) is 49.4 Å². The molecule has 2 heterocycles. The van der Waals surface area contributed by atoms with E-state index in [0.29, 0.717) is 10.8 Å². The number of thiophene rings is 2. The van der Waals surface area contributed by atoms with Gasteiger partial charge in [-0.2, -0.15) is 11.3 Å². The number of sulfonamides is 1. The molecule has 0 spiro atoms. The summed E-state index contributed by atoms with van der Waals surface area (Å²) in [7, 11) is 0.487. The zero-order chi connectivity index (χ0) is 14.8. The van der Waals surface area contributed by atoms with E-state index in [1.165, 1.54) is 11.3 Å². The van der Waals surface area contributed by atoms with Gasteiger partial charge in [0.05, 0.1) is 0 Å². The zero-order valence-electron chi connectivity index (χ0n) is 11.7. The number of hydrogen-bond donors (Lipinski definition) is 1. The van der Waals surface area contributed by atoms with Crippen molar-refractivity contribution < 1.29 is 8.42 Å². The molecule has 0 aliphatic rings. The molecule has 1 atom stereocenters. The fourth-order valence-corrected chi connectivity index (χ4v) is 4.95. The quantitative estimate of drug-likeness (QED) is 0.886. The fraction of sp³-hybridized carbons (Fsp3) is 0.385. The zero-order valence-corrected chi connectivity index (χ0v) is 14.1. The molecule has 0 saturated heterocycles. The summed E-state index contributed by atoms with van der Waals surface area (Å²) >= 11 is 2.91. The van der Waals surface area contributed by atoms with Crippen molar-refractivity contribution in [3.63, 3.8) is 0 Å². The summed E-state index contributed by atoms with van der Waals surface area (Å²) in [5, 5.41) is 4.05. The smallest absolute Gasteiger partial charge is 0.250 e. The molecule has 20 heavy (non-hydrogen) atoms. The molecule has 0 aliphatic heterocycles. The van der Waals surface area contributed by atoms with Gasteiger partial charge in [0.25, 0.3) is 0 Å². The molecule has 2 aromatic rings. The van der Waals surface area contributed by atoms with Crippen molar-refractivity contribution in [3.8, 4) is 0 Å². The highest BCUT2D eigenvalue weighted by Gasteiger charge is 2.20. The lowest BCUT2D eigenvalue weighted by molar-refractivity contribution is 0.300. The minimum Gasteiger partial charge on any atom is -0.301 e. The van der Waals surface area contributed by atoms with Crippen molar-refractivity contribution >= 4 is 32.7 Å². The second-order valence-electron chi connectivity index (χ2n) is 4.75. The van der Waals surface area contributed by atoms with E-state index in [4.69, 9.17) is 0 Å². The van der Waals surface area contributed by atoms with E-state index in [1.54, 1.807) is 17.4 Å². The van der Waals surface area contributed by atoms with Gasteiger partial charge in [-0.15, -0.1) is 11.3 Å². The van der Waals surface area contributed by atoms with Gasteiger partial charge >= 0.3 is 0 Å². The monoisotopic (exact) mass is 330 g/mol. The summed E-state index contributed by atoms with van der Waals surface area (Å²) in [5.74, 6) is 0. The van der Waals surface area contributed by atoms with Gasteiger partial charge < -0.3 is 4.90 Å². The Balaban J connectivity index is 2.10. The minimum atomic E-state index is -3.41. The predicted octanol–water partition coefficient (Wildman–Crippen LogP) is 2.70. The van der Waals surface area contributed by atoms with Gasteiger partial charge in [-0.1, -0.05) is 0 Å². The Labute approximate surface area is 128 Å². The molecular formula is C13H18N2O2S3. The average Bonchev–Trinajstić information content (AvgIpc) is 3.00. The predicted molar refractivity (Wildman–Crippen MR) is 85.0 cm³/mol. The second-order valence-corrected chi connectivity index (χ2v) is 8.81. The molecular weight excluding hydrogens is 312 g/mol. The van der Waals surface area contributed by atoms with Crippen LogP contribution >= 0.6 is 22.7 Å². The first kappa shape index (κ1) is 15.7. The summed E-state index contributed by atoms with van der Waals surface area (Å²) in [6, 6.07) is 5.54. The van der Waals surface area contributed by atoms with Crippen LogP contribution in [-0.2, 0) is 10.0 Å². The first-order chi connectivity index (χ1) is 9.40. The van der Waals surface area contributed by atoms with Crippen LogP contribution in [0.5, 0.6) is 0 Å². The van der Waals surface area contributed by atoms with Gasteiger partial charge in [0.15, 0.2) is 0 Å². The van der Waals surface area contributed by atoms with Gasteiger partial charge in [-0.25, -0.2) is 13.1 Å². The molecule has 0 fully saturated rings. The van der Waals surface area contributed by atoms with Crippen LogP contribution in [0.4, 0.5) is 0 Å². The standard InChI is InChI=1S/C13H18N2O2S3/c1-10-4-5-13(19-10)20(16,17)14-8-12(15(2)3)11-6-7-18-9-11/h4-7,9,12,14H,8H2,1-3H3. The van der Waals surface area contributed by atoms with E-state index < -0.39 is 10.0 Å².